The van der Waals surface area contributed by atoms with Crippen LogP contribution in [0.4, 0.5) is 0 Å². The molecule has 30 heavy (non-hydrogen) atoms. The third-order valence-electron chi connectivity index (χ3n) is 5.63. The fourth-order valence-corrected chi connectivity index (χ4v) is 4.36. The summed E-state index contributed by atoms with van der Waals surface area (Å²) >= 11 is -1.98. The van der Waals surface area contributed by atoms with Crippen molar-refractivity contribution < 1.29 is 13.3 Å². The first-order valence-electron chi connectivity index (χ1n) is 10.3. The first-order valence-corrected chi connectivity index (χ1v) is 11.4. The van der Waals surface area contributed by atoms with Crippen LogP contribution in [0.15, 0.2) is 65.2 Å². The Hall–Kier alpha value is -2.32. The molecule has 1 unspecified atom stereocenters. The number of rotatable bonds is 8. The number of aromatic nitrogens is 1. The smallest absolute Gasteiger partial charge is 0.232 e. The molecular weight excluding hydrogens is 398 g/mol. The lowest BCUT2D eigenvalue weighted by Crippen LogP contribution is -2.32. The van der Waals surface area contributed by atoms with Crippen LogP contribution in [0.25, 0.3) is 0 Å². The summed E-state index contributed by atoms with van der Waals surface area (Å²) in [6.07, 6.45) is 2.98. The fourth-order valence-electron chi connectivity index (χ4n) is 4.07. The molecule has 1 atom stereocenters. The zero-order valence-corrected chi connectivity index (χ0v) is 17.7. The van der Waals surface area contributed by atoms with Crippen molar-refractivity contribution in [2.45, 2.75) is 38.3 Å². The highest BCUT2D eigenvalue weighted by Crippen LogP contribution is 2.29. The number of nitrogens with one attached hydrogen (secondary N) is 1. The largest absolute Gasteiger partial charge is 0.360 e. The zero-order valence-electron chi connectivity index (χ0n) is 16.9. The van der Waals surface area contributed by atoms with E-state index in [0.29, 0.717) is 12.5 Å². The molecule has 2 aromatic carbocycles. The quantitative estimate of drug-likeness (QED) is 0.536. The Kier molecular flexibility index (Phi) is 7.07. The minimum absolute atomic E-state index is 0.395. The number of piperidine rings is 1. The summed E-state index contributed by atoms with van der Waals surface area (Å²) in [5.41, 5.74) is 4.55. The Morgan fingerprint density at radius 1 is 1.07 bits per heavy atom. The van der Waals surface area contributed by atoms with Gasteiger partial charge in [-0.05, 0) is 48.5 Å². The van der Waals surface area contributed by atoms with Gasteiger partial charge in [0.15, 0.2) is 5.76 Å². The lowest BCUT2D eigenvalue weighted by atomic mass is 9.88. The minimum atomic E-state index is -1.98. The van der Waals surface area contributed by atoms with Gasteiger partial charge in [-0.25, -0.2) is 8.93 Å². The van der Waals surface area contributed by atoms with E-state index in [1.54, 1.807) is 0 Å². The van der Waals surface area contributed by atoms with Gasteiger partial charge in [-0.1, -0.05) is 59.8 Å². The molecule has 1 aliphatic rings. The maximum Gasteiger partial charge on any atom is 0.232 e. The van der Waals surface area contributed by atoms with E-state index in [2.05, 4.69) is 45.1 Å². The molecular formula is C23H27N3O3S. The van der Waals surface area contributed by atoms with Crippen LogP contribution in [0.3, 0.4) is 0 Å². The van der Waals surface area contributed by atoms with Crippen LogP contribution in [0.1, 0.15) is 46.9 Å². The topological polar surface area (TPSA) is 78.6 Å². The van der Waals surface area contributed by atoms with Crippen molar-refractivity contribution in [3.05, 3.63) is 88.8 Å². The first-order chi connectivity index (χ1) is 14.7. The van der Waals surface area contributed by atoms with E-state index in [0.717, 1.165) is 55.9 Å². The average molecular weight is 426 g/mol. The van der Waals surface area contributed by atoms with Crippen LogP contribution in [0.5, 0.6) is 0 Å². The van der Waals surface area contributed by atoms with Gasteiger partial charge in [0.1, 0.15) is 0 Å². The molecule has 158 valence electrons. The van der Waals surface area contributed by atoms with Gasteiger partial charge in [-0.2, -0.15) is 0 Å². The molecule has 1 aromatic heterocycles. The monoisotopic (exact) mass is 425 g/mol. The van der Waals surface area contributed by atoms with E-state index in [4.69, 9.17) is 9.08 Å². The number of nitrogens with zero attached hydrogens (tertiary/aromatic N) is 2. The Morgan fingerprint density at radius 3 is 2.60 bits per heavy atom. The van der Waals surface area contributed by atoms with Crippen LogP contribution in [-0.2, 0) is 30.8 Å². The summed E-state index contributed by atoms with van der Waals surface area (Å²) in [4.78, 5) is 2.42. The zero-order chi connectivity index (χ0) is 20.8. The van der Waals surface area contributed by atoms with Gasteiger partial charge in [-0.15, -0.1) is 0 Å². The average Bonchev–Trinajstić information content (AvgIpc) is 3.20. The minimum Gasteiger partial charge on any atom is -0.360 e. The molecule has 1 saturated heterocycles. The summed E-state index contributed by atoms with van der Waals surface area (Å²) in [5, 5.41) is 4.23. The van der Waals surface area contributed by atoms with Crippen LogP contribution in [-0.4, -0.2) is 31.9 Å². The SMILES string of the molecule is O=S(O)NCc1cccc(C2CCN(Cc3cc(Cc4ccccc4)no3)CC2)c1. The molecule has 4 rings (SSSR count). The predicted octanol–water partition coefficient (Wildman–Crippen LogP) is 3.87. The maximum absolute atomic E-state index is 10.8. The van der Waals surface area contributed by atoms with Crippen LogP contribution >= 0.6 is 0 Å². The fraction of sp³-hybridized carbons (Fsp3) is 0.348. The van der Waals surface area contributed by atoms with E-state index in [1.807, 2.05) is 30.3 Å². The van der Waals surface area contributed by atoms with Crippen molar-refractivity contribution in [1.82, 2.24) is 14.8 Å². The number of benzene rings is 2. The second kappa shape index (κ2) is 10.1. The normalized spacial score (nSPS) is 16.6. The lowest BCUT2D eigenvalue weighted by Gasteiger charge is -2.31. The summed E-state index contributed by atoms with van der Waals surface area (Å²) in [6, 6.07) is 20.7. The van der Waals surface area contributed by atoms with E-state index in [-0.39, 0.29) is 0 Å². The summed E-state index contributed by atoms with van der Waals surface area (Å²) in [7, 11) is 0. The number of likely N-dealkylation sites (tertiary alicyclic amines) is 1. The van der Waals surface area contributed by atoms with Gasteiger partial charge in [0.05, 0.1) is 12.2 Å². The highest BCUT2D eigenvalue weighted by atomic mass is 32.2. The van der Waals surface area contributed by atoms with Crippen molar-refractivity contribution in [3.63, 3.8) is 0 Å². The van der Waals surface area contributed by atoms with Gasteiger partial charge in [0, 0.05) is 19.0 Å². The Bertz CT molecular complexity index is 969. The predicted molar refractivity (Wildman–Crippen MR) is 117 cm³/mol. The molecule has 3 aromatic rings. The van der Waals surface area contributed by atoms with E-state index < -0.39 is 11.3 Å². The highest BCUT2D eigenvalue weighted by Gasteiger charge is 2.22. The van der Waals surface area contributed by atoms with Gasteiger partial charge >= 0.3 is 0 Å². The Labute approximate surface area is 179 Å². The van der Waals surface area contributed by atoms with Crippen LogP contribution < -0.4 is 4.72 Å². The highest BCUT2D eigenvalue weighted by molar-refractivity contribution is 7.77. The third-order valence-corrected chi connectivity index (χ3v) is 6.02. The van der Waals surface area contributed by atoms with Gasteiger partial charge in [0.25, 0.3) is 0 Å². The molecule has 1 aliphatic heterocycles. The van der Waals surface area contributed by atoms with E-state index in [9.17, 15) is 4.21 Å². The second-order valence-corrected chi connectivity index (χ2v) is 8.60. The van der Waals surface area contributed by atoms with Crippen LogP contribution in [0.2, 0.25) is 0 Å². The molecule has 1 fully saturated rings. The molecule has 0 saturated carbocycles. The molecule has 0 spiro atoms. The molecule has 0 bridgehead atoms. The summed E-state index contributed by atoms with van der Waals surface area (Å²) < 4.78 is 27.8. The van der Waals surface area contributed by atoms with Gasteiger partial charge in [-0.3, -0.25) is 9.45 Å². The molecule has 7 heteroatoms. The van der Waals surface area contributed by atoms with Crippen molar-refractivity contribution in [2.24, 2.45) is 0 Å². The number of hydrogen-bond donors (Lipinski definition) is 2. The Balaban J connectivity index is 1.28. The Morgan fingerprint density at radius 2 is 1.83 bits per heavy atom. The van der Waals surface area contributed by atoms with Gasteiger partial charge in [0.2, 0.25) is 11.3 Å². The molecule has 0 amide bonds. The molecule has 6 nitrogen and oxygen atoms in total. The van der Waals surface area contributed by atoms with E-state index >= 15 is 0 Å². The standard InChI is InChI=1S/C23H27N3O3S/c27-30(28)24-16-19-7-4-8-21(13-19)20-9-11-26(12-10-20)17-23-15-22(25-29-23)14-18-5-2-1-3-6-18/h1-8,13,15,20,24H,9-12,14,16-17H2,(H,27,28). The number of hydrogen-bond acceptors (Lipinski definition) is 4. The van der Waals surface area contributed by atoms with Crippen molar-refractivity contribution in [3.8, 4) is 0 Å². The van der Waals surface area contributed by atoms with Crippen molar-refractivity contribution >= 4 is 11.3 Å². The summed E-state index contributed by atoms with van der Waals surface area (Å²) in [5.74, 6) is 1.44. The van der Waals surface area contributed by atoms with E-state index in [1.165, 1.54) is 11.1 Å². The van der Waals surface area contributed by atoms with Crippen molar-refractivity contribution in [2.75, 3.05) is 13.1 Å². The van der Waals surface area contributed by atoms with Crippen LogP contribution in [0, 0.1) is 0 Å². The van der Waals surface area contributed by atoms with Crippen molar-refractivity contribution in [1.29, 1.82) is 0 Å². The summed E-state index contributed by atoms with van der Waals surface area (Å²) in [6.45, 7) is 3.22. The second-order valence-electron chi connectivity index (χ2n) is 7.81. The molecule has 0 aliphatic carbocycles. The molecule has 0 radical (unpaired) electrons. The van der Waals surface area contributed by atoms with Gasteiger partial charge < -0.3 is 4.52 Å². The lowest BCUT2D eigenvalue weighted by molar-refractivity contribution is 0.184. The molecule has 2 heterocycles. The molecule has 2 N–H and O–H groups in total. The first kappa shape index (κ1) is 20.9. The maximum atomic E-state index is 10.8. The third kappa shape index (κ3) is 5.86.